The number of hydrogen-bond acceptors (Lipinski definition) is 8. The highest BCUT2D eigenvalue weighted by Gasteiger charge is 2.31. The summed E-state index contributed by atoms with van der Waals surface area (Å²) in [4.78, 5) is 6.82. The molecule has 1 aliphatic rings. The molecule has 9 nitrogen and oxygen atoms in total. The molecule has 1 aliphatic heterocycles. The third kappa shape index (κ3) is 5.09. The summed E-state index contributed by atoms with van der Waals surface area (Å²) in [5, 5.41) is 13.8. The third-order valence-corrected chi connectivity index (χ3v) is 5.58. The highest BCUT2D eigenvalue weighted by Crippen LogP contribution is 2.31. The van der Waals surface area contributed by atoms with E-state index in [2.05, 4.69) is 21.1 Å². The van der Waals surface area contributed by atoms with Gasteiger partial charge in [-0.3, -0.25) is 0 Å². The molecule has 0 saturated carbocycles. The maximum Gasteiger partial charge on any atom is 0.138 e. The fourth-order valence-electron chi connectivity index (χ4n) is 4.02. The third-order valence-electron chi connectivity index (χ3n) is 5.58. The molecule has 3 aromatic rings. The van der Waals surface area contributed by atoms with Gasteiger partial charge in [-0.1, -0.05) is 0 Å². The van der Waals surface area contributed by atoms with Crippen LogP contribution in [0.2, 0.25) is 0 Å². The standard InChI is InChI=1S/C24H30N6O3/c1-4-31-19-9-20(24-18(10-25)12-28-30(24)13-19)17-5-6-23(27-11-17)29-14-21(26)22(15-29)33-8-7-32-16(2)3/h5-6,9,11-13,16,21-22H,4,7-8,14-15,26H2,1-3H3/t21-,22-/m0/s1. The molecule has 0 spiro atoms. The molecule has 2 N–H and O–H groups in total. The second-order valence-electron chi connectivity index (χ2n) is 8.29. The molecular weight excluding hydrogens is 420 g/mol. The summed E-state index contributed by atoms with van der Waals surface area (Å²) < 4.78 is 18.8. The Hall–Kier alpha value is -3.19. The monoisotopic (exact) mass is 450 g/mol. The van der Waals surface area contributed by atoms with Crippen LogP contribution in [-0.4, -0.2) is 65.8 Å². The normalized spacial score (nSPS) is 18.2. The van der Waals surface area contributed by atoms with E-state index >= 15 is 0 Å². The van der Waals surface area contributed by atoms with Crippen molar-refractivity contribution in [2.45, 2.75) is 39.0 Å². The zero-order chi connectivity index (χ0) is 23.4. The number of rotatable bonds is 9. The van der Waals surface area contributed by atoms with E-state index in [0.717, 1.165) is 22.5 Å². The van der Waals surface area contributed by atoms with Crippen molar-refractivity contribution in [2.24, 2.45) is 5.73 Å². The number of nitrogens with zero attached hydrogens (tertiary/aromatic N) is 5. The Bertz CT molecular complexity index is 1120. The molecule has 2 atom stereocenters. The van der Waals surface area contributed by atoms with Gasteiger partial charge in [-0.05, 0) is 39.0 Å². The minimum Gasteiger partial charge on any atom is -0.492 e. The number of nitrogens with two attached hydrogens (primary N) is 1. The van der Waals surface area contributed by atoms with Crippen molar-refractivity contribution < 1.29 is 14.2 Å². The number of pyridine rings is 2. The highest BCUT2D eigenvalue weighted by atomic mass is 16.5. The first-order chi connectivity index (χ1) is 16.0. The Morgan fingerprint density at radius 2 is 2.09 bits per heavy atom. The minimum absolute atomic E-state index is 0.0604. The lowest BCUT2D eigenvalue weighted by Gasteiger charge is -2.18. The van der Waals surface area contributed by atoms with Crippen molar-refractivity contribution in [3.05, 3.63) is 42.4 Å². The first-order valence-electron chi connectivity index (χ1n) is 11.2. The van der Waals surface area contributed by atoms with E-state index in [4.69, 9.17) is 19.9 Å². The molecule has 0 bridgehead atoms. The number of anilines is 1. The number of fused-ring (bicyclic) bond motifs is 1. The lowest BCUT2D eigenvalue weighted by Crippen LogP contribution is -2.36. The van der Waals surface area contributed by atoms with Gasteiger partial charge in [0.2, 0.25) is 0 Å². The summed E-state index contributed by atoms with van der Waals surface area (Å²) in [7, 11) is 0. The van der Waals surface area contributed by atoms with E-state index in [1.807, 2.05) is 45.2 Å². The fraction of sp³-hybridized carbons (Fsp3) is 0.458. The highest BCUT2D eigenvalue weighted by molar-refractivity contribution is 5.85. The second-order valence-corrected chi connectivity index (χ2v) is 8.29. The van der Waals surface area contributed by atoms with Gasteiger partial charge in [-0.15, -0.1) is 0 Å². The largest absolute Gasteiger partial charge is 0.492 e. The molecule has 4 rings (SSSR count). The van der Waals surface area contributed by atoms with E-state index in [9.17, 15) is 5.26 Å². The molecule has 0 amide bonds. The zero-order valence-corrected chi connectivity index (χ0v) is 19.3. The Morgan fingerprint density at radius 3 is 2.79 bits per heavy atom. The molecule has 33 heavy (non-hydrogen) atoms. The maximum atomic E-state index is 9.52. The number of nitriles is 1. The van der Waals surface area contributed by atoms with Gasteiger partial charge in [0.05, 0.1) is 61.5 Å². The average Bonchev–Trinajstić information content (AvgIpc) is 3.39. The van der Waals surface area contributed by atoms with E-state index in [1.54, 1.807) is 16.9 Å². The summed E-state index contributed by atoms with van der Waals surface area (Å²) in [5.74, 6) is 1.52. The summed E-state index contributed by atoms with van der Waals surface area (Å²) in [6.45, 7) is 8.91. The quantitative estimate of drug-likeness (QED) is 0.495. The molecule has 4 heterocycles. The van der Waals surface area contributed by atoms with Gasteiger partial charge in [0.15, 0.2) is 0 Å². The van der Waals surface area contributed by atoms with Crippen molar-refractivity contribution >= 4 is 11.3 Å². The van der Waals surface area contributed by atoms with Gasteiger partial charge in [0.25, 0.3) is 0 Å². The van der Waals surface area contributed by atoms with Crippen LogP contribution in [0.25, 0.3) is 16.6 Å². The van der Waals surface area contributed by atoms with Crippen LogP contribution in [0.3, 0.4) is 0 Å². The summed E-state index contributed by atoms with van der Waals surface area (Å²) in [6, 6.07) is 8.02. The average molecular weight is 451 g/mol. The zero-order valence-electron chi connectivity index (χ0n) is 19.3. The Morgan fingerprint density at radius 1 is 1.24 bits per heavy atom. The topological polar surface area (TPSA) is 111 Å². The van der Waals surface area contributed by atoms with Crippen LogP contribution in [-0.2, 0) is 9.47 Å². The molecule has 0 radical (unpaired) electrons. The number of hydrogen-bond donors (Lipinski definition) is 1. The summed E-state index contributed by atoms with van der Waals surface area (Å²) in [5.41, 5.74) is 9.27. The fourth-order valence-corrected chi connectivity index (χ4v) is 4.02. The Labute approximate surface area is 193 Å². The van der Waals surface area contributed by atoms with Crippen LogP contribution in [0, 0.1) is 11.3 Å². The van der Waals surface area contributed by atoms with Gasteiger partial charge >= 0.3 is 0 Å². The summed E-state index contributed by atoms with van der Waals surface area (Å²) in [6.07, 6.45) is 5.28. The molecule has 3 aromatic heterocycles. The van der Waals surface area contributed by atoms with Crippen LogP contribution in [0.5, 0.6) is 5.75 Å². The number of ether oxygens (including phenoxy) is 3. The van der Waals surface area contributed by atoms with Crippen LogP contribution < -0.4 is 15.4 Å². The van der Waals surface area contributed by atoms with Gasteiger partial charge in [0.1, 0.15) is 17.6 Å². The molecule has 9 heteroatoms. The van der Waals surface area contributed by atoms with Crippen molar-refractivity contribution in [3.8, 4) is 22.9 Å². The van der Waals surface area contributed by atoms with Crippen LogP contribution in [0.4, 0.5) is 5.82 Å². The smallest absolute Gasteiger partial charge is 0.138 e. The van der Waals surface area contributed by atoms with Crippen LogP contribution >= 0.6 is 0 Å². The molecule has 1 fully saturated rings. The lowest BCUT2D eigenvalue weighted by atomic mass is 10.1. The second kappa shape index (κ2) is 10.2. The van der Waals surface area contributed by atoms with Gasteiger partial charge in [-0.25, -0.2) is 9.50 Å². The predicted molar refractivity (Wildman–Crippen MR) is 125 cm³/mol. The van der Waals surface area contributed by atoms with Crippen molar-refractivity contribution in [3.63, 3.8) is 0 Å². The molecule has 0 aromatic carbocycles. The van der Waals surface area contributed by atoms with Gasteiger partial charge in [0, 0.05) is 30.4 Å². The first kappa shape index (κ1) is 23.0. The molecule has 0 aliphatic carbocycles. The van der Waals surface area contributed by atoms with Gasteiger partial charge in [-0.2, -0.15) is 10.4 Å². The molecule has 174 valence electrons. The van der Waals surface area contributed by atoms with E-state index in [1.165, 1.54) is 0 Å². The first-order valence-corrected chi connectivity index (χ1v) is 11.2. The van der Waals surface area contributed by atoms with E-state index < -0.39 is 0 Å². The minimum atomic E-state index is -0.0852. The van der Waals surface area contributed by atoms with Crippen molar-refractivity contribution in [1.29, 1.82) is 5.26 Å². The predicted octanol–water partition coefficient (Wildman–Crippen LogP) is 2.62. The van der Waals surface area contributed by atoms with Crippen molar-refractivity contribution in [2.75, 3.05) is 37.8 Å². The van der Waals surface area contributed by atoms with E-state index in [0.29, 0.717) is 44.2 Å². The number of aromatic nitrogens is 3. The van der Waals surface area contributed by atoms with Crippen LogP contribution in [0.1, 0.15) is 26.3 Å². The van der Waals surface area contributed by atoms with E-state index in [-0.39, 0.29) is 18.2 Å². The Balaban J connectivity index is 1.52. The van der Waals surface area contributed by atoms with Crippen molar-refractivity contribution in [1.82, 2.24) is 14.6 Å². The Kier molecular flexibility index (Phi) is 7.08. The molecule has 1 saturated heterocycles. The summed E-state index contributed by atoms with van der Waals surface area (Å²) >= 11 is 0. The van der Waals surface area contributed by atoms with Gasteiger partial charge < -0.3 is 24.8 Å². The SMILES string of the molecule is CCOc1cc(-c2ccc(N3C[C@H](OCCOC(C)C)[C@@H](N)C3)nc2)c2c(C#N)cnn2c1. The lowest BCUT2D eigenvalue weighted by molar-refractivity contribution is -0.00967. The molecule has 0 unspecified atom stereocenters. The van der Waals surface area contributed by atoms with Crippen LogP contribution in [0.15, 0.2) is 36.8 Å². The molecular formula is C24H30N6O3. The maximum absolute atomic E-state index is 9.52.